The van der Waals surface area contributed by atoms with E-state index in [4.69, 9.17) is 13.9 Å². The van der Waals surface area contributed by atoms with Crippen molar-refractivity contribution in [1.82, 2.24) is 10.3 Å². The normalized spacial score (nSPS) is 16.7. The van der Waals surface area contributed by atoms with Crippen molar-refractivity contribution in [2.75, 3.05) is 20.8 Å². The Hall–Kier alpha value is -3.29. The van der Waals surface area contributed by atoms with Gasteiger partial charge in [-0.3, -0.25) is 9.59 Å². The van der Waals surface area contributed by atoms with Crippen molar-refractivity contribution in [2.45, 2.75) is 13.0 Å². The maximum absolute atomic E-state index is 12.3. The number of furan rings is 1. The number of hydrazone groups is 1. The summed E-state index contributed by atoms with van der Waals surface area (Å²) in [4.78, 5) is 26.0. The average Bonchev–Trinajstić information content (AvgIpc) is 3.32. The molecule has 27 heavy (non-hydrogen) atoms. The summed E-state index contributed by atoms with van der Waals surface area (Å²) in [5.74, 6) is 1.11. The lowest BCUT2D eigenvalue weighted by atomic mass is 10.1. The van der Waals surface area contributed by atoms with E-state index in [-0.39, 0.29) is 18.2 Å². The Labute approximate surface area is 156 Å². The molecule has 2 aromatic rings. The molecule has 1 aromatic carbocycles. The quantitative estimate of drug-likeness (QED) is 0.592. The van der Waals surface area contributed by atoms with Gasteiger partial charge in [-0.2, -0.15) is 5.10 Å². The van der Waals surface area contributed by atoms with Crippen LogP contribution < -0.4 is 14.9 Å². The third-order valence-corrected chi connectivity index (χ3v) is 4.33. The molecule has 2 amide bonds. The second kappa shape index (κ2) is 8.39. The Bertz CT molecular complexity index is 832. The van der Waals surface area contributed by atoms with E-state index < -0.39 is 5.92 Å². The molecular weight excluding hydrogens is 350 g/mol. The van der Waals surface area contributed by atoms with E-state index in [2.05, 4.69) is 10.5 Å². The fourth-order valence-corrected chi connectivity index (χ4v) is 2.87. The zero-order chi connectivity index (χ0) is 19.2. The maximum atomic E-state index is 12.3. The van der Waals surface area contributed by atoms with Crippen LogP contribution in [-0.4, -0.2) is 43.7 Å². The van der Waals surface area contributed by atoms with Gasteiger partial charge in [-0.15, -0.1) is 0 Å². The summed E-state index contributed by atoms with van der Waals surface area (Å²) in [5.41, 5.74) is 3.19. The highest BCUT2D eigenvalue weighted by atomic mass is 16.5. The molecule has 8 heteroatoms. The van der Waals surface area contributed by atoms with Crippen molar-refractivity contribution in [3.63, 3.8) is 0 Å². The Morgan fingerprint density at radius 1 is 1.37 bits per heavy atom. The number of ether oxygens (including phenoxy) is 2. The molecule has 1 aliphatic rings. The van der Waals surface area contributed by atoms with Gasteiger partial charge in [-0.25, -0.2) is 5.43 Å². The Kier molecular flexibility index (Phi) is 5.75. The number of rotatable bonds is 7. The van der Waals surface area contributed by atoms with Crippen LogP contribution >= 0.6 is 0 Å². The SMILES string of the molecule is COc1ccc(/C=N/NC(=O)C2CC(=O)N(Cc3ccco3)C2)c(OC)c1. The summed E-state index contributed by atoms with van der Waals surface area (Å²) in [6.07, 6.45) is 3.21. The number of amides is 2. The van der Waals surface area contributed by atoms with E-state index in [1.54, 1.807) is 55.7 Å². The van der Waals surface area contributed by atoms with Gasteiger partial charge in [0.25, 0.3) is 0 Å². The molecule has 1 aliphatic heterocycles. The largest absolute Gasteiger partial charge is 0.497 e. The molecule has 0 saturated carbocycles. The molecular formula is C19H21N3O5. The summed E-state index contributed by atoms with van der Waals surface area (Å²) in [6.45, 7) is 0.703. The number of nitrogens with zero attached hydrogens (tertiary/aromatic N) is 2. The summed E-state index contributed by atoms with van der Waals surface area (Å²) in [5, 5.41) is 3.98. The Morgan fingerprint density at radius 2 is 2.22 bits per heavy atom. The van der Waals surface area contributed by atoms with Gasteiger partial charge >= 0.3 is 0 Å². The Balaban J connectivity index is 1.56. The van der Waals surface area contributed by atoms with Crippen LogP contribution in [0, 0.1) is 5.92 Å². The van der Waals surface area contributed by atoms with Crippen LogP contribution in [0.3, 0.4) is 0 Å². The summed E-state index contributed by atoms with van der Waals surface area (Å²) in [7, 11) is 3.11. The van der Waals surface area contributed by atoms with Gasteiger partial charge in [-0.1, -0.05) is 0 Å². The van der Waals surface area contributed by atoms with E-state index >= 15 is 0 Å². The lowest BCUT2D eigenvalue weighted by Crippen LogP contribution is -2.30. The van der Waals surface area contributed by atoms with Crippen molar-refractivity contribution >= 4 is 18.0 Å². The maximum Gasteiger partial charge on any atom is 0.245 e. The number of benzene rings is 1. The molecule has 0 bridgehead atoms. The third-order valence-electron chi connectivity index (χ3n) is 4.33. The van der Waals surface area contributed by atoms with Crippen LogP contribution in [0.1, 0.15) is 17.7 Å². The molecule has 1 fully saturated rings. The van der Waals surface area contributed by atoms with Crippen LogP contribution in [0.15, 0.2) is 46.1 Å². The molecule has 0 radical (unpaired) electrons. The fourth-order valence-electron chi connectivity index (χ4n) is 2.87. The molecule has 142 valence electrons. The van der Waals surface area contributed by atoms with E-state index in [1.807, 2.05) is 0 Å². The third kappa shape index (κ3) is 4.46. The minimum Gasteiger partial charge on any atom is -0.497 e. The predicted octanol–water partition coefficient (Wildman–Crippen LogP) is 1.80. The number of nitrogens with one attached hydrogen (secondary N) is 1. The first-order chi connectivity index (χ1) is 13.1. The van der Waals surface area contributed by atoms with E-state index in [0.717, 1.165) is 0 Å². The minimum atomic E-state index is -0.442. The highest BCUT2D eigenvalue weighted by molar-refractivity contribution is 5.90. The number of carbonyl (C=O) groups is 2. The average molecular weight is 371 g/mol. The van der Waals surface area contributed by atoms with Gasteiger partial charge in [0, 0.05) is 24.6 Å². The first kappa shape index (κ1) is 18.5. The van der Waals surface area contributed by atoms with Crippen LogP contribution in [-0.2, 0) is 16.1 Å². The van der Waals surface area contributed by atoms with E-state index in [1.165, 1.54) is 6.21 Å². The lowest BCUT2D eigenvalue weighted by molar-refractivity contribution is -0.129. The molecule has 0 spiro atoms. The molecule has 1 aromatic heterocycles. The van der Waals surface area contributed by atoms with Crippen LogP contribution in [0.2, 0.25) is 0 Å². The number of hydrogen-bond acceptors (Lipinski definition) is 6. The number of hydrogen-bond donors (Lipinski definition) is 1. The Morgan fingerprint density at radius 3 is 2.93 bits per heavy atom. The minimum absolute atomic E-state index is 0.0765. The van der Waals surface area contributed by atoms with Crippen molar-refractivity contribution in [3.05, 3.63) is 47.9 Å². The summed E-state index contributed by atoms with van der Waals surface area (Å²) >= 11 is 0. The van der Waals surface area contributed by atoms with Crippen LogP contribution in [0.25, 0.3) is 0 Å². The van der Waals surface area contributed by atoms with Gasteiger partial charge < -0.3 is 18.8 Å². The second-order valence-corrected chi connectivity index (χ2v) is 6.10. The first-order valence-electron chi connectivity index (χ1n) is 8.46. The smallest absolute Gasteiger partial charge is 0.245 e. The predicted molar refractivity (Wildman–Crippen MR) is 97.5 cm³/mol. The van der Waals surface area contributed by atoms with Crippen LogP contribution in [0.4, 0.5) is 0 Å². The molecule has 1 unspecified atom stereocenters. The summed E-state index contributed by atoms with van der Waals surface area (Å²) in [6, 6.07) is 8.84. The topological polar surface area (TPSA) is 93.4 Å². The van der Waals surface area contributed by atoms with Crippen molar-refractivity contribution in [2.24, 2.45) is 11.0 Å². The zero-order valence-electron chi connectivity index (χ0n) is 15.2. The first-order valence-corrected chi connectivity index (χ1v) is 8.46. The number of likely N-dealkylation sites (tertiary alicyclic amines) is 1. The highest BCUT2D eigenvalue weighted by Crippen LogP contribution is 2.23. The molecule has 8 nitrogen and oxygen atoms in total. The highest BCUT2D eigenvalue weighted by Gasteiger charge is 2.34. The molecule has 3 rings (SSSR count). The molecule has 1 atom stereocenters. The lowest BCUT2D eigenvalue weighted by Gasteiger charge is -2.14. The fraction of sp³-hybridized carbons (Fsp3) is 0.316. The van der Waals surface area contributed by atoms with Gasteiger partial charge in [0.1, 0.15) is 17.3 Å². The van der Waals surface area contributed by atoms with E-state index in [0.29, 0.717) is 35.9 Å². The van der Waals surface area contributed by atoms with Gasteiger partial charge in [-0.05, 0) is 24.3 Å². The molecule has 2 heterocycles. The second-order valence-electron chi connectivity index (χ2n) is 6.10. The zero-order valence-corrected chi connectivity index (χ0v) is 15.2. The van der Waals surface area contributed by atoms with Crippen molar-refractivity contribution in [3.8, 4) is 11.5 Å². The number of carbonyl (C=O) groups excluding carboxylic acids is 2. The van der Waals surface area contributed by atoms with Gasteiger partial charge in [0.2, 0.25) is 11.8 Å². The number of methoxy groups -OCH3 is 2. The van der Waals surface area contributed by atoms with Gasteiger partial charge in [0.05, 0.1) is 39.2 Å². The summed E-state index contributed by atoms with van der Waals surface area (Å²) < 4.78 is 15.7. The van der Waals surface area contributed by atoms with Crippen molar-refractivity contribution < 1.29 is 23.5 Å². The molecule has 0 aliphatic carbocycles. The van der Waals surface area contributed by atoms with E-state index in [9.17, 15) is 9.59 Å². The van der Waals surface area contributed by atoms with Gasteiger partial charge in [0.15, 0.2) is 0 Å². The monoisotopic (exact) mass is 371 g/mol. The standard InChI is InChI=1S/C19H21N3O5/c1-25-15-6-5-13(17(9-15)26-2)10-20-21-19(24)14-8-18(23)22(11-14)12-16-4-3-7-27-16/h3-7,9-10,14H,8,11-12H2,1-2H3,(H,21,24)/b20-10+. The van der Waals surface area contributed by atoms with Crippen molar-refractivity contribution in [1.29, 1.82) is 0 Å². The molecule has 1 N–H and O–H groups in total. The van der Waals surface area contributed by atoms with Crippen LogP contribution in [0.5, 0.6) is 11.5 Å². The molecule has 1 saturated heterocycles.